The highest BCUT2D eigenvalue weighted by molar-refractivity contribution is 7.17. The molecule has 1 aliphatic rings. The third kappa shape index (κ3) is 5.42. The summed E-state index contributed by atoms with van der Waals surface area (Å²) in [5, 5.41) is 14.8. The number of rotatable bonds is 8. The average molecular weight is 416 g/mol. The second-order valence-corrected chi connectivity index (χ2v) is 8.09. The molecule has 0 saturated carbocycles. The van der Waals surface area contributed by atoms with Gasteiger partial charge in [-0.1, -0.05) is 31.5 Å². The molecule has 2 aromatic rings. The van der Waals surface area contributed by atoms with E-state index in [0.717, 1.165) is 36.1 Å². The zero-order valence-corrected chi connectivity index (χ0v) is 17.0. The highest BCUT2D eigenvalue weighted by atomic mass is 32.1. The molecule has 1 aliphatic carbocycles. The van der Waals surface area contributed by atoms with E-state index < -0.39 is 18.5 Å². The van der Waals surface area contributed by atoms with Gasteiger partial charge in [-0.3, -0.25) is 9.59 Å². The van der Waals surface area contributed by atoms with Gasteiger partial charge in [0.25, 0.3) is 11.8 Å². The molecule has 0 unspecified atom stereocenters. The lowest BCUT2D eigenvalue weighted by molar-refractivity contribution is -0.143. The van der Waals surface area contributed by atoms with Crippen LogP contribution in [0.2, 0.25) is 0 Å². The molecule has 154 valence electrons. The predicted molar refractivity (Wildman–Crippen MR) is 112 cm³/mol. The van der Waals surface area contributed by atoms with Crippen molar-refractivity contribution in [3.8, 4) is 0 Å². The van der Waals surface area contributed by atoms with Gasteiger partial charge in [0, 0.05) is 10.6 Å². The van der Waals surface area contributed by atoms with Gasteiger partial charge in [0.1, 0.15) is 18.2 Å². The van der Waals surface area contributed by atoms with Crippen LogP contribution in [0.5, 0.6) is 0 Å². The first-order valence-electron chi connectivity index (χ1n) is 9.58. The number of carboxylic acid groups (broad SMARTS) is 1. The molecule has 1 heterocycles. The first kappa shape index (κ1) is 21.0. The highest BCUT2D eigenvalue weighted by Crippen LogP contribution is 2.40. The molecule has 0 radical (unpaired) electrons. The van der Waals surface area contributed by atoms with Crippen LogP contribution in [0.3, 0.4) is 0 Å². The summed E-state index contributed by atoms with van der Waals surface area (Å²) in [6, 6.07) is 9.17. The van der Waals surface area contributed by atoms with Gasteiger partial charge in [0.05, 0.1) is 5.56 Å². The van der Waals surface area contributed by atoms with E-state index in [2.05, 4.69) is 17.6 Å². The molecule has 29 heavy (non-hydrogen) atoms. The van der Waals surface area contributed by atoms with E-state index in [4.69, 9.17) is 9.84 Å². The van der Waals surface area contributed by atoms with E-state index in [-0.39, 0.29) is 12.5 Å². The molecular weight excluding hydrogens is 392 g/mol. The molecule has 3 rings (SSSR count). The number of fused-ring (bicyclic) bond motifs is 1. The standard InChI is InChI=1S/C21H24N2O5S/c1-2-13-8-9-15-16(10-13)29-21(23-17(24)11-28-12-18(25)26)19(15)20(27)22-14-6-4-3-5-7-14/h3-7,13H,2,8-12H2,1H3,(H,22,27)(H,23,24)(H,25,26)/t13-/m1/s1. The molecule has 0 fully saturated rings. The first-order chi connectivity index (χ1) is 14.0. The summed E-state index contributed by atoms with van der Waals surface area (Å²) in [7, 11) is 0. The van der Waals surface area contributed by atoms with E-state index in [9.17, 15) is 14.4 Å². The maximum atomic E-state index is 13.0. The van der Waals surface area contributed by atoms with Gasteiger partial charge in [0.15, 0.2) is 0 Å². The molecular formula is C21H24N2O5S. The molecule has 0 aliphatic heterocycles. The van der Waals surface area contributed by atoms with Crippen molar-refractivity contribution in [2.45, 2.75) is 32.6 Å². The Balaban J connectivity index is 1.82. The van der Waals surface area contributed by atoms with Crippen LogP contribution in [-0.2, 0) is 27.2 Å². The number of hydrogen-bond acceptors (Lipinski definition) is 5. The lowest BCUT2D eigenvalue weighted by Gasteiger charge is -2.21. The fourth-order valence-electron chi connectivity index (χ4n) is 3.44. The molecule has 0 saturated heterocycles. The van der Waals surface area contributed by atoms with E-state index in [0.29, 0.717) is 22.2 Å². The Morgan fingerprint density at radius 2 is 1.93 bits per heavy atom. The monoisotopic (exact) mass is 416 g/mol. The topological polar surface area (TPSA) is 105 Å². The van der Waals surface area contributed by atoms with Crippen molar-refractivity contribution in [2.75, 3.05) is 23.8 Å². The van der Waals surface area contributed by atoms with Crippen LogP contribution in [0.4, 0.5) is 10.7 Å². The van der Waals surface area contributed by atoms with Crippen LogP contribution < -0.4 is 10.6 Å². The number of amides is 2. The molecule has 3 N–H and O–H groups in total. The number of benzene rings is 1. The van der Waals surface area contributed by atoms with Crippen molar-refractivity contribution in [3.05, 3.63) is 46.3 Å². The summed E-state index contributed by atoms with van der Waals surface area (Å²) in [4.78, 5) is 36.9. The number of carbonyl (C=O) groups is 3. The zero-order valence-electron chi connectivity index (χ0n) is 16.2. The van der Waals surface area contributed by atoms with Gasteiger partial charge in [0.2, 0.25) is 0 Å². The highest BCUT2D eigenvalue weighted by Gasteiger charge is 2.29. The Hall–Kier alpha value is -2.71. The lowest BCUT2D eigenvalue weighted by atomic mass is 9.85. The number of carboxylic acids is 1. The maximum absolute atomic E-state index is 13.0. The normalized spacial score (nSPS) is 15.4. The largest absolute Gasteiger partial charge is 0.480 e. The SMILES string of the molecule is CC[C@@H]1CCc2c(sc(NC(=O)COCC(=O)O)c2C(=O)Nc2ccccc2)C1. The number of hydrogen-bond donors (Lipinski definition) is 3. The molecule has 2 amide bonds. The quantitative estimate of drug-likeness (QED) is 0.610. The number of ether oxygens (including phenoxy) is 1. The summed E-state index contributed by atoms with van der Waals surface area (Å²) in [5.41, 5.74) is 2.17. The van der Waals surface area contributed by atoms with Crippen LogP contribution in [0.1, 0.15) is 40.6 Å². The second-order valence-electron chi connectivity index (χ2n) is 6.98. The van der Waals surface area contributed by atoms with Gasteiger partial charge in [-0.25, -0.2) is 4.79 Å². The number of thiophene rings is 1. The van der Waals surface area contributed by atoms with Crippen LogP contribution >= 0.6 is 11.3 Å². The summed E-state index contributed by atoms with van der Waals surface area (Å²) >= 11 is 1.42. The summed E-state index contributed by atoms with van der Waals surface area (Å²) in [6.45, 7) is 1.23. The fourth-order valence-corrected chi connectivity index (χ4v) is 4.82. The van der Waals surface area contributed by atoms with E-state index in [1.54, 1.807) is 0 Å². The number of nitrogens with one attached hydrogen (secondary N) is 2. The Morgan fingerprint density at radius 1 is 1.17 bits per heavy atom. The van der Waals surface area contributed by atoms with Gasteiger partial charge in [-0.15, -0.1) is 11.3 Å². The zero-order chi connectivity index (χ0) is 20.8. The molecule has 7 nitrogen and oxygen atoms in total. The van der Waals surface area contributed by atoms with Crippen molar-refractivity contribution in [3.63, 3.8) is 0 Å². The summed E-state index contributed by atoms with van der Waals surface area (Å²) in [5.74, 6) is -1.30. The van der Waals surface area contributed by atoms with Crippen molar-refractivity contribution >= 4 is 39.8 Å². The van der Waals surface area contributed by atoms with Gasteiger partial charge >= 0.3 is 5.97 Å². The minimum atomic E-state index is -1.14. The third-order valence-electron chi connectivity index (χ3n) is 4.92. The van der Waals surface area contributed by atoms with Crippen molar-refractivity contribution in [1.82, 2.24) is 0 Å². The van der Waals surface area contributed by atoms with E-state index in [1.807, 2.05) is 30.3 Å². The molecule has 1 atom stereocenters. The molecule has 8 heteroatoms. The minimum absolute atomic E-state index is 0.259. The number of para-hydroxylation sites is 1. The Kier molecular flexibility index (Phi) is 7.00. The van der Waals surface area contributed by atoms with E-state index >= 15 is 0 Å². The maximum Gasteiger partial charge on any atom is 0.329 e. The van der Waals surface area contributed by atoms with Crippen LogP contribution in [0, 0.1) is 5.92 Å². The predicted octanol–water partition coefficient (Wildman–Crippen LogP) is 3.56. The molecule has 1 aromatic carbocycles. The smallest absolute Gasteiger partial charge is 0.329 e. The van der Waals surface area contributed by atoms with Crippen LogP contribution in [0.25, 0.3) is 0 Å². The number of anilines is 2. The minimum Gasteiger partial charge on any atom is -0.480 e. The average Bonchev–Trinajstić information content (AvgIpc) is 3.05. The van der Waals surface area contributed by atoms with Crippen molar-refractivity contribution in [1.29, 1.82) is 0 Å². The van der Waals surface area contributed by atoms with Crippen LogP contribution in [-0.4, -0.2) is 36.1 Å². The van der Waals surface area contributed by atoms with Gasteiger partial charge in [-0.05, 0) is 42.9 Å². The Labute approximate surface area is 173 Å². The van der Waals surface area contributed by atoms with Gasteiger partial charge in [-0.2, -0.15) is 0 Å². The summed E-state index contributed by atoms with van der Waals surface area (Å²) < 4.78 is 4.85. The van der Waals surface area contributed by atoms with E-state index in [1.165, 1.54) is 11.3 Å². The second kappa shape index (κ2) is 9.67. The summed E-state index contributed by atoms with van der Waals surface area (Å²) in [6.07, 6.45) is 3.79. The lowest BCUT2D eigenvalue weighted by Crippen LogP contribution is -2.23. The number of aliphatic carboxylic acids is 1. The first-order valence-corrected chi connectivity index (χ1v) is 10.4. The molecule has 0 bridgehead atoms. The Bertz CT molecular complexity index is 894. The third-order valence-corrected chi connectivity index (χ3v) is 6.08. The van der Waals surface area contributed by atoms with Gasteiger partial charge < -0.3 is 20.5 Å². The fraction of sp³-hybridized carbons (Fsp3) is 0.381. The molecule has 0 spiro atoms. The molecule has 1 aromatic heterocycles. The van der Waals surface area contributed by atoms with Crippen molar-refractivity contribution < 1.29 is 24.2 Å². The van der Waals surface area contributed by atoms with Crippen LogP contribution in [0.15, 0.2) is 30.3 Å². The Morgan fingerprint density at radius 3 is 2.62 bits per heavy atom. The van der Waals surface area contributed by atoms with Crippen molar-refractivity contribution in [2.24, 2.45) is 5.92 Å². The number of carbonyl (C=O) groups excluding carboxylic acids is 2.